The van der Waals surface area contributed by atoms with Crippen LogP contribution < -0.4 is 14.8 Å². The van der Waals surface area contributed by atoms with Crippen molar-refractivity contribution in [1.29, 1.82) is 0 Å². The summed E-state index contributed by atoms with van der Waals surface area (Å²) in [5.74, 6) is -0.767. The highest BCUT2D eigenvalue weighted by Gasteiger charge is 2.09. The number of methoxy groups -OCH3 is 1. The molecule has 6 nitrogen and oxygen atoms in total. The van der Waals surface area contributed by atoms with Gasteiger partial charge in [-0.1, -0.05) is 12.6 Å². The van der Waals surface area contributed by atoms with E-state index in [1.54, 1.807) is 30.3 Å². The van der Waals surface area contributed by atoms with Crippen molar-refractivity contribution >= 4 is 17.6 Å². The monoisotopic (exact) mass is 327 g/mol. The Bertz CT molecular complexity index is 753. The summed E-state index contributed by atoms with van der Waals surface area (Å²) in [5.41, 5.74) is 1.93. The third kappa shape index (κ3) is 4.36. The zero-order valence-electron chi connectivity index (χ0n) is 13.1. The normalized spacial score (nSPS) is 9.88. The van der Waals surface area contributed by atoms with Crippen LogP contribution in [0.4, 0.5) is 5.69 Å². The number of aromatic carboxylic acids is 1. The Morgan fingerprint density at radius 3 is 2.46 bits per heavy atom. The minimum Gasteiger partial charge on any atom is -0.493 e. The summed E-state index contributed by atoms with van der Waals surface area (Å²) in [6.45, 7) is 3.85. The van der Waals surface area contributed by atoms with Crippen LogP contribution in [0.15, 0.2) is 55.1 Å². The quantitative estimate of drug-likeness (QED) is 0.462. The average molecular weight is 327 g/mol. The van der Waals surface area contributed by atoms with Crippen LogP contribution in [0.2, 0.25) is 0 Å². The van der Waals surface area contributed by atoms with Gasteiger partial charge in [0.15, 0.2) is 11.5 Å². The van der Waals surface area contributed by atoms with Crippen LogP contribution in [-0.4, -0.2) is 24.2 Å². The van der Waals surface area contributed by atoms with Crippen molar-refractivity contribution in [2.75, 3.05) is 12.4 Å². The van der Waals surface area contributed by atoms with Crippen molar-refractivity contribution in [3.05, 3.63) is 66.2 Å². The first-order chi connectivity index (χ1) is 11.5. The maximum atomic E-state index is 11.3. The van der Waals surface area contributed by atoms with E-state index in [1.807, 2.05) is 0 Å². The van der Waals surface area contributed by atoms with Crippen molar-refractivity contribution in [1.82, 2.24) is 0 Å². The summed E-state index contributed by atoms with van der Waals surface area (Å²) in [6.07, 6.45) is 1.08. The molecule has 0 saturated carbocycles. The van der Waals surface area contributed by atoms with Gasteiger partial charge in [-0.2, -0.15) is 0 Å². The molecule has 0 radical (unpaired) electrons. The number of hydrogen-bond acceptors (Lipinski definition) is 5. The lowest BCUT2D eigenvalue weighted by Gasteiger charge is -2.11. The van der Waals surface area contributed by atoms with Gasteiger partial charge in [0.2, 0.25) is 0 Å². The molecule has 0 aliphatic carbocycles. The molecule has 24 heavy (non-hydrogen) atoms. The van der Waals surface area contributed by atoms with Gasteiger partial charge in [0.25, 0.3) is 0 Å². The summed E-state index contributed by atoms with van der Waals surface area (Å²) in [7, 11) is 1.49. The number of anilines is 1. The van der Waals surface area contributed by atoms with Gasteiger partial charge in [0, 0.05) is 18.3 Å². The first-order valence-corrected chi connectivity index (χ1v) is 7.12. The minimum atomic E-state index is -0.962. The van der Waals surface area contributed by atoms with Gasteiger partial charge in [-0.3, -0.25) is 0 Å². The maximum absolute atomic E-state index is 11.3. The number of benzene rings is 2. The summed E-state index contributed by atoms with van der Waals surface area (Å²) in [5, 5.41) is 12.0. The van der Waals surface area contributed by atoms with E-state index < -0.39 is 11.9 Å². The van der Waals surface area contributed by atoms with Gasteiger partial charge in [-0.25, -0.2) is 9.59 Å². The van der Waals surface area contributed by atoms with E-state index in [9.17, 15) is 9.59 Å². The fraction of sp³-hybridized carbons (Fsp3) is 0.111. The summed E-state index contributed by atoms with van der Waals surface area (Å²) < 4.78 is 10.3. The van der Waals surface area contributed by atoms with Crippen LogP contribution in [0, 0.1) is 0 Å². The lowest BCUT2D eigenvalue weighted by atomic mass is 10.1. The number of carboxylic acids is 1. The number of hydrogen-bond donors (Lipinski definition) is 2. The molecular weight excluding hydrogens is 310 g/mol. The molecule has 0 fully saturated rings. The van der Waals surface area contributed by atoms with E-state index in [0.717, 1.165) is 17.3 Å². The standard InChI is InChI=1S/C18H17NO5/c1-3-17(20)24-15-9-4-12(10-16(15)23-2)11-19-14-7-5-13(6-8-14)18(21)22/h3-10,19H,1,11H2,2H3,(H,21,22). The van der Waals surface area contributed by atoms with E-state index in [0.29, 0.717) is 18.0 Å². The maximum Gasteiger partial charge on any atom is 0.335 e. The van der Waals surface area contributed by atoms with Crippen molar-refractivity contribution in [2.24, 2.45) is 0 Å². The predicted octanol–water partition coefficient (Wildman–Crippen LogP) is 3.10. The molecule has 0 amide bonds. The average Bonchev–Trinajstić information content (AvgIpc) is 2.60. The van der Waals surface area contributed by atoms with Gasteiger partial charge in [-0.15, -0.1) is 0 Å². The van der Waals surface area contributed by atoms with E-state index in [2.05, 4.69) is 11.9 Å². The molecule has 0 bridgehead atoms. The summed E-state index contributed by atoms with van der Waals surface area (Å²) in [6, 6.07) is 11.6. The van der Waals surface area contributed by atoms with Crippen molar-refractivity contribution in [3.63, 3.8) is 0 Å². The second-order valence-corrected chi connectivity index (χ2v) is 4.85. The molecule has 2 aromatic rings. The topological polar surface area (TPSA) is 84.9 Å². The minimum absolute atomic E-state index is 0.232. The summed E-state index contributed by atoms with van der Waals surface area (Å²) in [4.78, 5) is 22.1. The molecular formula is C18H17NO5. The molecule has 2 rings (SSSR count). The van der Waals surface area contributed by atoms with Crippen LogP contribution in [0.25, 0.3) is 0 Å². The zero-order chi connectivity index (χ0) is 17.5. The van der Waals surface area contributed by atoms with E-state index in [-0.39, 0.29) is 5.56 Å². The Balaban J connectivity index is 2.05. The van der Waals surface area contributed by atoms with E-state index in [1.165, 1.54) is 19.2 Å². The molecule has 2 aromatic carbocycles. The molecule has 0 aliphatic rings. The SMILES string of the molecule is C=CC(=O)Oc1ccc(CNc2ccc(C(=O)O)cc2)cc1OC. The molecule has 0 spiro atoms. The number of carbonyl (C=O) groups is 2. The van der Waals surface area contributed by atoms with Crippen LogP contribution in [0.1, 0.15) is 15.9 Å². The third-order valence-electron chi connectivity index (χ3n) is 3.23. The second-order valence-electron chi connectivity index (χ2n) is 4.85. The first kappa shape index (κ1) is 17.1. The predicted molar refractivity (Wildman–Crippen MR) is 89.6 cm³/mol. The highest BCUT2D eigenvalue weighted by molar-refractivity contribution is 5.88. The number of carbonyl (C=O) groups excluding carboxylic acids is 1. The van der Waals surface area contributed by atoms with Gasteiger partial charge >= 0.3 is 11.9 Å². The van der Waals surface area contributed by atoms with Crippen LogP contribution >= 0.6 is 0 Å². The first-order valence-electron chi connectivity index (χ1n) is 7.12. The Labute approximate surface area is 139 Å². The number of carboxylic acid groups (broad SMARTS) is 1. The Morgan fingerprint density at radius 1 is 1.17 bits per heavy atom. The van der Waals surface area contributed by atoms with E-state index >= 15 is 0 Å². The molecule has 0 aromatic heterocycles. The highest BCUT2D eigenvalue weighted by atomic mass is 16.6. The molecule has 0 atom stereocenters. The van der Waals surface area contributed by atoms with Gasteiger partial charge in [0.1, 0.15) is 0 Å². The molecule has 0 saturated heterocycles. The second kappa shape index (κ2) is 7.82. The van der Waals surface area contributed by atoms with Gasteiger partial charge in [0.05, 0.1) is 12.7 Å². The lowest BCUT2D eigenvalue weighted by Crippen LogP contribution is -2.05. The van der Waals surface area contributed by atoms with Crippen molar-refractivity contribution < 1.29 is 24.2 Å². The lowest BCUT2D eigenvalue weighted by molar-refractivity contribution is -0.129. The number of rotatable bonds is 7. The fourth-order valence-electron chi connectivity index (χ4n) is 1.99. The fourth-order valence-corrected chi connectivity index (χ4v) is 1.99. The number of ether oxygens (including phenoxy) is 2. The molecule has 0 aliphatic heterocycles. The van der Waals surface area contributed by atoms with Gasteiger partial charge < -0.3 is 19.9 Å². The highest BCUT2D eigenvalue weighted by Crippen LogP contribution is 2.28. The van der Waals surface area contributed by atoms with Crippen molar-refractivity contribution in [2.45, 2.75) is 6.54 Å². The molecule has 0 unspecified atom stereocenters. The smallest absolute Gasteiger partial charge is 0.335 e. The van der Waals surface area contributed by atoms with Crippen molar-refractivity contribution in [3.8, 4) is 11.5 Å². The third-order valence-corrected chi connectivity index (χ3v) is 3.23. The Hall–Kier alpha value is -3.28. The largest absolute Gasteiger partial charge is 0.493 e. The molecule has 2 N–H and O–H groups in total. The van der Waals surface area contributed by atoms with E-state index in [4.69, 9.17) is 14.6 Å². The number of nitrogens with one attached hydrogen (secondary N) is 1. The molecule has 0 heterocycles. The number of esters is 1. The molecule has 124 valence electrons. The zero-order valence-corrected chi connectivity index (χ0v) is 13.1. The van der Waals surface area contributed by atoms with Gasteiger partial charge in [-0.05, 0) is 42.0 Å². The Morgan fingerprint density at radius 2 is 1.88 bits per heavy atom. The summed E-state index contributed by atoms with van der Waals surface area (Å²) >= 11 is 0. The van der Waals surface area contributed by atoms with Crippen LogP contribution in [-0.2, 0) is 11.3 Å². The van der Waals surface area contributed by atoms with Crippen LogP contribution in [0.5, 0.6) is 11.5 Å². The Kier molecular flexibility index (Phi) is 5.57. The molecule has 6 heteroatoms. The van der Waals surface area contributed by atoms with Crippen LogP contribution in [0.3, 0.4) is 0 Å².